The highest BCUT2D eigenvalue weighted by Gasteiger charge is 2.21. The van der Waals surface area contributed by atoms with E-state index in [0.29, 0.717) is 12.6 Å². The molecule has 1 heterocycles. The molecule has 0 unspecified atom stereocenters. The Balaban J connectivity index is 2.26. The van der Waals surface area contributed by atoms with Gasteiger partial charge in [-0.3, -0.25) is 9.69 Å². The van der Waals surface area contributed by atoms with Crippen LogP contribution in [0.4, 0.5) is 0 Å². The van der Waals surface area contributed by atoms with Gasteiger partial charge in [0.15, 0.2) is 0 Å². The third-order valence-electron chi connectivity index (χ3n) is 2.14. The lowest BCUT2D eigenvalue weighted by Crippen LogP contribution is -2.36. The van der Waals surface area contributed by atoms with E-state index in [1.165, 1.54) is 19.3 Å². The van der Waals surface area contributed by atoms with E-state index in [1.54, 1.807) is 0 Å². The van der Waals surface area contributed by atoms with Gasteiger partial charge in [0, 0.05) is 11.8 Å². The molecule has 1 rings (SSSR count). The summed E-state index contributed by atoms with van der Waals surface area (Å²) < 4.78 is 4.59. The number of nitrogens with zero attached hydrogens (tertiary/aromatic N) is 1. The topological polar surface area (TPSA) is 29.5 Å². The van der Waals surface area contributed by atoms with E-state index in [0.717, 1.165) is 5.75 Å². The number of rotatable bonds is 3. The summed E-state index contributed by atoms with van der Waals surface area (Å²) in [5.74, 6) is 2.22. The van der Waals surface area contributed by atoms with Crippen molar-refractivity contribution in [1.82, 2.24) is 4.90 Å². The molecule has 1 atom stereocenters. The molecule has 0 aromatic carbocycles. The maximum absolute atomic E-state index is 10.9. The standard InChI is InChI=1S/C8H15NO2S/c1-9(5-8(10)11-2)7-3-4-12-6-7/h7H,3-6H2,1-2H3/t7-/m0/s1. The third kappa shape index (κ3) is 2.68. The number of esters is 1. The molecule has 70 valence electrons. The van der Waals surface area contributed by atoms with Crippen molar-refractivity contribution in [2.45, 2.75) is 12.5 Å². The first-order valence-corrected chi connectivity index (χ1v) is 5.24. The molecule has 1 saturated heterocycles. The van der Waals surface area contributed by atoms with Crippen LogP contribution in [0.3, 0.4) is 0 Å². The molecule has 0 aromatic heterocycles. The average molecular weight is 189 g/mol. The molecule has 0 amide bonds. The molecule has 0 aliphatic carbocycles. The number of hydrogen-bond acceptors (Lipinski definition) is 4. The van der Waals surface area contributed by atoms with Crippen LogP contribution in [0.25, 0.3) is 0 Å². The van der Waals surface area contributed by atoms with E-state index in [-0.39, 0.29) is 5.97 Å². The van der Waals surface area contributed by atoms with Gasteiger partial charge < -0.3 is 4.74 Å². The summed E-state index contributed by atoms with van der Waals surface area (Å²) in [6, 6.07) is 0.564. The number of thioether (sulfide) groups is 1. The van der Waals surface area contributed by atoms with Gasteiger partial charge in [0.1, 0.15) is 0 Å². The van der Waals surface area contributed by atoms with Gasteiger partial charge in [-0.2, -0.15) is 11.8 Å². The lowest BCUT2D eigenvalue weighted by atomic mass is 10.2. The second-order valence-electron chi connectivity index (χ2n) is 3.01. The van der Waals surface area contributed by atoms with Crippen LogP contribution >= 0.6 is 11.8 Å². The fraction of sp³-hybridized carbons (Fsp3) is 0.875. The number of carbonyl (C=O) groups is 1. The third-order valence-corrected chi connectivity index (χ3v) is 3.28. The Morgan fingerprint density at radius 1 is 1.75 bits per heavy atom. The minimum atomic E-state index is -0.144. The molecule has 0 aromatic rings. The van der Waals surface area contributed by atoms with Crippen LogP contribution < -0.4 is 0 Å². The first kappa shape index (κ1) is 9.86. The molecule has 4 heteroatoms. The molecule has 1 aliphatic heterocycles. The summed E-state index contributed by atoms with van der Waals surface area (Å²) in [5.41, 5.74) is 0. The minimum Gasteiger partial charge on any atom is -0.468 e. The minimum absolute atomic E-state index is 0.144. The number of hydrogen-bond donors (Lipinski definition) is 0. The lowest BCUT2D eigenvalue weighted by Gasteiger charge is -2.21. The Hall–Kier alpha value is -0.220. The van der Waals surface area contributed by atoms with Crippen LogP contribution in [0.2, 0.25) is 0 Å². The molecule has 0 saturated carbocycles. The van der Waals surface area contributed by atoms with E-state index in [4.69, 9.17) is 0 Å². The molecule has 1 aliphatic rings. The SMILES string of the molecule is COC(=O)CN(C)[C@H]1CCSC1. The summed E-state index contributed by atoms with van der Waals surface area (Å²) in [4.78, 5) is 13.0. The predicted octanol–water partition coefficient (Wildman–Crippen LogP) is 0.597. The van der Waals surface area contributed by atoms with Crippen LogP contribution in [0.1, 0.15) is 6.42 Å². The first-order chi connectivity index (χ1) is 5.74. The number of likely N-dealkylation sites (N-methyl/N-ethyl adjacent to an activating group) is 1. The highest BCUT2D eigenvalue weighted by atomic mass is 32.2. The number of ether oxygens (including phenoxy) is 1. The maximum Gasteiger partial charge on any atom is 0.319 e. The van der Waals surface area contributed by atoms with Crippen molar-refractivity contribution in [2.75, 3.05) is 32.2 Å². The van der Waals surface area contributed by atoms with E-state index in [9.17, 15) is 4.79 Å². The van der Waals surface area contributed by atoms with Crippen molar-refractivity contribution in [2.24, 2.45) is 0 Å². The number of methoxy groups -OCH3 is 1. The van der Waals surface area contributed by atoms with Gasteiger partial charge in [-0.05, 0) is 19.2 Å². The van der Waals surface area contributed by atoms with Gasteiger partial charge >= 0.3 is 5.97 Å². The molecule has 12 heavy (non-hydrogen) atoms. The van der Waals surface area contributed by atoms with Crippen LogP contribution in [0.5, 0.6) is 0 Å². The van der Waals surface area contributed by atoms with Crippen LogP contribution in [-0.4, -0.2) is 49.1 Å². The molecule has 0 bridgehead atoms. The van der Waals surface area contributed by atoms with Gasteiger partial charge in [0.2, 0.25) is 0 Å². The Morgan fingerprint density at radius 3 is 3.00 bits per heavy atom. The molecule has 0 N–H and O–H groups in total. The van der Waals surface area contributed by atoms with Crippen molar-refractivity contribution >= 4 is 17.7 Å². The Morgan fingerprint density at radius 2 is 2.50 bits per heavy atom. The lowest BCUT2D eigenvalue weighted by molar-refractivity contribution is -0.142. The summed E-state index contributed by atoms with van der Waals surface area (Å²) >= 11 is 1.95. The van der Waals surface area contributed by atoms with Crippen molar-refractivity contribution in [3.63, 3.8) is 0 Å². The average Bonchev–Trinajstić information content (AvgIpc) is 2.56. The van der Waals surface area contributed by atoms with E-state index < -0.39 is 0 Å². The second-order valence-corrected chi connectivity index (χ2v) is 4.16. The van der Waals surface area contributed by atoms with Gasteiger partial charge in [0.25, 0.3) is 0 Å². The summed E-state index contributed by atoms with van der Waals surface area (Å²) in [7, 11) is 3.41. The first-order valence-electron chi connectivity index (χ1n) is 4.09. The summed E-state index contributed by atoms with van der Waals surface area (Å²) in [5, 5.41) is 0. The Kier molecular flexibility index (Phi) is 3.88. The fourth-order valence-corrected chi connectivity index (χ4v) is 2.57. The molecule has 1 fully saturated rings. The highest BCUT2D eigenvalue weighted by molar-refractivity contribution is 7.99. The van der Waals surface area contributed by atoms with Gasteiger partial charge in [-0.1, -0.05) is 0 Å². The fourth-order valence-electron chi connectivity index (χ4n) is 1.27. The Labute approximate surface area is 77.4 Å². The number of carbonyl (C=O) groups excluding carboxylic acids is 1. The maximum atomic E-state index is 10.9. The highest BCUT2D eigenvalue weighted by Crippen LogP contribution is 2.20. The van der Waals surface area contributed by atoms with E-state index >= 15 is 0 Å². The van der Waals surface area contributed by atoms with Gasteiger partial charge in [-0.25, -0.2) is 0 Å². The summed E-state index contributed by atoms with van der Waals surface area (Å²) in [6.07, 6.45) is 1.19. The zero-order valence-electron chi connectivity index (χ0n) is 7.58. The smallest absolute Gasteiger partial charge is 0.319 e. The van der Waals surface area contributed by atoms with Crippen molar-refractivity contribution in [1.29, 1.82) is 0 Å². The molecule has 0 radical (unpaired) electrons. The quantitative estimate of drug-likeness (QED) is 0.608. The van der Waals surface area contributed by atoms with Crippen LogP contribution in [-0.2, 0) is 9.53 Å². The molecular weight excluding hydrogens is 174 g/mol. The van der Waals surface area contributed by atoms with Crippen LogP contribution in [0.15, 0.2) is 0 Å². The van der Waals surface area contributed by atoms with Crippen molar-refractivity contribution < 1.29 is 9.53 Å². The zero-order valence-corrected chi connectivity index (χ0v) is 8.39. The molecular formula is C8H15NO2S. The zero-order chi connectivity index (χ0) is 8.97. The molecule has 3 nitrogen and oxygen atoms in total. The van der Waals surface area contributed by atoms with E-state index in [2.05, 4.69) is 9.64 Å². The van der Waals surface area contributed by atoms with Gasteiger partial charge in [-0.15, -0.1) is 0 Å². The second kappa shape index (κ2) is 4.72. The van der Waals surface area contributed by atoms with Crippen LogP contribution in [0, 0.1) is 0 Å². The Bertz CT molecular complexity index is 157. The van der Waals surface area contributed by atoms with Crippen molar-refractivity contribution in [3.8, 4) is 0 Å². The van der Waals surface area contributed by atoms with Crippen molar-refractivity contribution in [3.05, 3.63) is 0 Å². The predicted molar refractivity (Wildman–Crippen MR) is 50.4 cm³/mol. The molecule has 0 spiro atoms. The summed E-state index contributed by atoms with van der Waals surface area (Å²) in [6.45, 7) is 0.418. The van der Waals surface area contributed by atoms with E-state index in [1.807, 2.05) is 18.8 Å². The van der Waals surface area contributed by atoms with Gasteiger partial charge in [0.05, 0.1) is 13.7 Å². The largest absolute Gasteiger partial charge is 0.468 e. The normalized spacial score (nSPS) is 23.1. The monoisotopic (exact) mass is 189 g/mol.